The summed E-state index contributed by atoms with van der Waals surface area (Å²) in [6.07, 6.45) is 5.57. The van der Waals surface area contributed by atoms with Crippen LogP contribution in [0.4, 0.5) is 0 Å². The van der Waals surface area contributed by atoms with Crippen molar-refractivity contribution in [2.24, 2.45) is 23.5 Å². The summed E-state index contributed by atoms with van der Waals surface area (Å²) < 4.78 is 0. The van der Waals surface area contributed by atoms with Crippen molar-refractivity contribution in [1.29, 1.82) is 0 Å². The minimum absolute atomic E-state index is 0.160. The van der Waals surface area contributed by atoms with Gasteiger partial charge in [0.1, 0.15) is 0 Å². The summed E-state index contributed by atoms with van der Waals surface area (Å²) >= 11 is 5.04. The first-order chi connectivity index (χ1) is 7.59. The van der Waals surface area contributed by atoms with Crippen LogP contribution in [0.2, 0.25) is 0 Å². The van der Waals surface area contributed by atoms with E-state index >= 15 is 0 Å². The monoisotopic (exact) mass is 240 g/mol. The lowest BCUT2D eigenvalue weighted by Gasteiger charge is -2.22. The van der Waals surface area contributed by atoms with Gasteiger partial charge in [-0.1, -0.05) is 25.6 Å². The SMILES string of the molecule is CC(C(=O)NC1CCCC1C(N)=S)C1CC1. The van der Waals surface area contributed by atoms with E-state index in [0.29, 0.717) is 10.9 Å². The van der Waals surface area contributed by atoms with Crippen LogP contribution in [0, 0.1) is 17.8 Å². The van der Waals surface area contributed by atoms with E-state index < -0.39 is 0 Å². The quantitative estimate of drug-likeness (QED) is 0.734. The molecule has 0 heterocycles. The van der Waals surface area contributed by atoms with E-state index in [-0.39, 0.29) is 23.8 Å². The number of nitrogens with one attached hydrogen (secondary N) is 1. The molecule has 0 spiro atoms. The van der Waals surface area contributed by atoms with Gasteiger partial charge in [0, 0.05) is 17.9 Å². The Balaban J connectivity index is 1.88. The van der Waals surface area contributed by atoms with Gasteiger partial charge in [-0.25, -0.2) is 0 Å². The molecule has 3 unspecified atom stereocenters. The predicted octanol–water partition coefficient (Wildman–Crippen LogP) is 1.60. The van der Waals surface area contributed by atoms with Crippen LogP contribution < -0.4 is 11.1 Å². The molecule has 3 N–H and O–H groups in total. The number of carbonyl (C=O) groups excluding carboxylic acids is 1. The summed E-state index contributed by atoms with van der Waals surface area (Å²) in [6.45, 7) is 2.03. The molecule has 0 aliphatic heterocycles. The third-order valence-electron chi connectivity index (χ3n) is 3.95. The first-order valence-electron chi connectivity index (χ1n) is 6.19. The number of amides is 1. The zero-order chi connectivity index (χ0) is 11.7. The van der Waals surface area contributed by atoms with E-state index in [1.54, 1.807) is 0 Å². The number of thiocarbonyl (C=S) groups is 1. The maximum Gasteiger partial charge on any atom is 0.223 e. The smallest absolute Gasteiger partial charge is 0.223 e. The molecule has 0 bridgehead atoms. The predicted molar refractivity (Wildman–Crippen MR) is 67.9 cm³/mol. The average molecular weight is 240 g/mol. The molecular weight excluding hydrogens is 220 g/mol. The number of hydrogen-bond donors (Lipinski definition) is 2. The van der Waals surface area contributed by atoms with E-state index in [2.05, 4.69) is 5.32 Å². The van der Waals surface area contributed by atoms with E-state index in [9.17, 15) is 4.79 Å². The number of carbonyl (C=O) groups is 1. The van der Waals surface area contributed by atoms with Gasteiger partial charge in [-0.3, -0.25) is 4.79 Å². The second-order valence-corrected chi connectivity index (χ2v) is 5.65. The lowest BCUT2D eigenvalue weighted by molar-refractivity contribution is -0.125. The average Bonchev–Trinajstić information content (AvgIpc) is 2.97. The molecule has 2 rings (SSSR count). The van der Waals surface area contributed by atoms with Crippen LogP contribution >= 0.6 is 12.2 Å². The second-order valence-electron chi connectivity index (χ2n) is 5.18. The Bertz CT molecular complexity index is 301. The molecule has 0 aromatic rings. The first kappa shape index (κ1) is 11.8. The van der Waals surface area contributed by atoms with Crippen molar-refractivity contribution in [1.82, 2.24) is 5.32 Å². The van der Waals surface area contributed by atoms with Crippen LogP contribution in [0.3, 0.4) is 0 Å². The minimum Gasteiger partial charge on any atom is -0.393 e. The van der Waals surface area contributed by atoms with Gasteiger partial charge in [0.05, 0.1) is 4.99 Å². The van der Waals surface area contributed by atoms with Gasteiger partial charge < -0.3 is 11.1 Å². The van der Waals surface area contributed by atoms with Crippen LogP contribution in [0.25, 0.3) is 0 Å². The number of nitrogens with two attached hydrogens (primary N) is 1. The lowest BCUT2D eigenvalue weighted by Crippen LogP contribution is -2.44. The fourth-order valence-electron chi connectivity index (χ4n) is 2.60. The molecule has 2 fully saturated rings. The summed E-state index contributed by atoms with van der Waals surface area (Å²) in [5.41, 5.74) is 5.69. The molecule has 2 saturated carbocycles. The fraction of sp³-hybridized carbons (Fsp3) is 0.833. The summed E-state index contributed by atoms with van der Waals surface area (Å²) in [6, 6.07) is 0.186. The minimum atomic E-state index is 0.160. The molecule has 3 atom stereocenters. The maximum absolute atomic E-state index is 12.0. The van der Waals surface area contributed by atoms with Crippen molar-refractivity contribution >= 4 is 23.1 Å². The Morgan fingerprint density at radius 3 is 2.62 bits per heavy atom. The summed E-state index contributed by atoms with van der Waals surface area (Å²) in [5, 5.41) is 3.12. The second kappa shape index (κ2) is 4.70. The Kier molecular flexibility index (Phi) is 3.47. The van der Waals surface area contributed by atoms with Gasteiger partial charge in [-0.05, 0) is 31.6 Å². The third-order valence-corrected chi connectivity index (χ3v) is 4.25. The highest BCUT2D eigenvalue weighted by molar-refractivity contribution is 7.80. The van der Waals surface area contributed by atoms with Crippen molar-refractivity contribution in [3.63, 3.8) is 0 Å². The van der Waals surface area contributed by atoms with Crippen LogP contribution in [0.1, 0.15) is 39.0 Å². The fourth-order valence-corrected chi connectivity index (χ4v) is 2.88. The summed E-state index contributed by atoms with van der Waals surface area (Å²) in [4.78, 5) is 12.5. The molecule has 4 heteroatoms. The highest BCUT2D eigenvalue weighted by Crippen LogP contribution is 2.37. The standard InChI is InChI=1S/C12H20N2OS/c1-7(8-5-6-8)12(15)14-10-4-2-3-9(10)11(13)16/h7-10H,2-6H2,1H3,(H2,13,16)(H,14,15). The molecular formula is C12H20N2OS. The Labute approximate surface area is 102 Å². The lowest BCUT2D eigenvalue weighted by atomic mass is 10.0. The topological polar surface area (TPSA) is 55.1 Å². The van der Waals surface area contributed by atoms with Gasteiger partial charge in [-0.15, -0.1) is 0 Å². The van der Waals surface area contributed by atoms with Crippen molar-refractivity contribution in [3.05, 3.63) is 0 Å². The molecule has 0 aromatic heterocycles. The Hall–Kier alpha value is -0.640. The molecule has 2 aliphatic carbocycles. The van der Waals surface area contributed by atoms with Crippen LogP contribution in [-0.4, -0.2) is 16.9 Å². The highest BCUT2D eigenvalue weighted by Gasteiger charge is 2.36. The normalized spacial score (nSPS) is 31.1. The van der Waals surface area contributed by atoms with Crippen LogP contribution in [0.15, 0.2) is 0 Å². The molecule has 0 radical (unpaired) electrons. The zero-order valence-corrected chi connectivity index (χ0v) is 10.6. The van der Waals surface area contributed by atoms with E-state index in [1.165, 1.54) is 12.8 Å². The molecule has 16 heavy (non-hydrogen) atoms. The molecule has 3 nitrogen and oxygen atoms in total. The van der Waals surface area contributed by atoms with Crippen molar-refractivity contribution in [2.75, 3.05) is 0 Å². The van der Waals surface area contributed by atoms with E-state index in [4.69, 9.17) is 18.0 Å². The van der Waals surface area contributed by atoms with Crippen LogP contribution in [0.5, 0.6) is 0 Å². The highest BCUT2D eigenvalue weighted by atomic mass is 32.1. The molecule has 2 aliphatic rings. The third kappa shape index (κ3) is 2.54. The van der Waals surface area contributed by atoms with E-state index in [1.807, 2.05) is 6.92 Å². The van der Waals surface area contributed by atoms with Gasteiger partial charge in [0.25, 0.3) is 0 Å². The van der Waals surface area contributed by atoms with Gasteiger partial charge >= 0.3 is 0 Å². The first-order valence-corrected chi connectivity index (χ1v) is 6.60. The number of hydrogen-bond acceptors (Lipinski definition) is 2. The van der Waals surface area contributed by atoms with Crippen molar-refractivity contribution in [2.45, 2.75) is 45.1 Å². The summed E-state index contributed by atoms with van der Waals surface area (Å²) in [7, 11) is 0. The summed E-state index contributed by atoms with van der Waals surface area (Å²) in [5.74, 6) is 1.18. The van der Waals surface area contributed by atoms with E-state index in [0.717, 1.165) is 19.3 Å². The molecule has 1 amide bonds. The molecule has 90 valence electrons. The zero-order valence-electron chi connectivity index (χ0n) is 9.74. The van der Waals surface area contributed by atoms with Crippen molar-refractivity contribution in [3.8, 4) is 0 Å². The molecule has 0 saturated heterocycles. The number of rotatable bonds is 4. The largest absolute Gasteiger partial charge is 0.393 e. The van der Waals surface area contributed by atoms with Crippen molar-refractivity contribution < 1.29 is 4.79 Å². The van der Waals surface area contributed by atoms with Gasteiger partial charge in [-0.2, -0.15) is 0 Å². The molecule has 0 aromatic carbocycles. The van der Waals surface area contributed by atoms with Crippen LogP contribution in [-0.2, 0) is 4.79 Å². The maximum atomic E-state index is 12.0. The van der Waals surface area contributed by atoms with Gasteiger partial charge in [0.2, 0.25) is 5.91 Å². The van der Waals surface area contributed by atoms with Gasteiger partial charge in [0.15, 0.2) is 0 Å². The Morgan fingerprint density at radius 2 is 2.06 bits per heavy atom. The Morgan fingerprint density at radius 1 is 1.38 bits per heavy atom.